The number of nitrogens with zero attached hydrogens (tertiary/aromatic N) is 2. The number of aryl methyl sites for hydroxylation is 1. The molecule has 2 saturated heterocycles. The minimum absolute atomic E-state index is 0.346. The van der Waals surface area contributed by atoms with Gasteiger partial charge >= 0.3 is 0 Å². The fraction of sp³-hybridized carbons (Fsp3) is 0.786. The second kappa shape index (κ2) is 6.31. The first-order valence-corrected chi connectivity index (χ1v) is 8.22. The first-order valence-electron chi connectivity index (χ1n) is 7.35. The van der Waals surface area contributed by atoms with E-state index in [4.69, 9.17) is 4.74 Å². The molecule has 1 aromatic heterocycles. The number of fused-ring (bicyclic) bond motifs is 1. The Balaban J connectivity index is 1.40. The monoisotopic (exact) mass is 281 g/mol. The topological polar surface area (TPSA) is 37.4 Å². The lowest BCUT2D eigenvalue weighted by Gasteiger charge is -2.35. The van der Waals surface area contributed by atoms with Gasteiger partial charge in [-0.2, -0.15) is 0 Å². The molecular formula is C14H23N3OS. The molecule has 5 heteroatoms. The highest BCUT2D eigenvalue weighted by Gasteiger charge is 2.31. The van der Waals surface area contributed by atoms with Crippen molar-refractivity contribution in [1.82, 2.24) is 15.2 Å². The molecule has 0 radical (unpaired) electrons. The zero-order valence-corrected chi connectivity index (χ0v) is 12.4. The Bertz CT molecular complexity index is 409. The maximum atomic E-state index is 5.93. The van der Waals surface area contributed by atoms with Crippen LogP contribution < -0.4 is 5.32 Å². The van der Waals surface area contributed by atoms with Gasteiger partial charge in [0.2, 0.25) is 0 Å². The number of morpholine rings is 1. The number of nitrogens with one attached hydrogen (secondary N) is 1. The molecule has 0 aromatic carbocycles. The highest BCUT2D eigenvalue weighted by Crippen LogP contribution is 2.22. The highest BCUT2D eigenvalue weighted by molar-refractivity contribution is 7.09. The van der Waals surface area contributed by atoms with Crippen molar-refractivity contribution in [2.24, 2.45) is 0 Å². The van der Waals surface area contributed by atoms with Crippen LogP contribution in [0.2, 0.25) is 0 Å². The molecule has 0 bridgehead atoms. The van der Waals surface area contributed by atoms with E-state index in [2.05, 4.69) is 27.5 Å². The van der Waals surface area contributed by atoms with Gasteiger partial charge in [-0.05, 0) is 25.8 Å². The molecule has 3 rings (SSSR count). The van der Waals surface area contributed by atoms with Crippen molar-refractivity contribution in [1.29, 1.82) is 0 Å². The maximum Gasteiger partial charge on any atom is 0.0926 e. The van der Waals surface area contributed by atoms with E-state index in [0.29, 0.717) is 12.1 Å². The van der Waals surface area contributed by atoms with E-state index in [1.807, 2.05) is 0 Å². The van der Waals surface area contributed by atoms with Gasteiger partial charge in [0.15, 0.2) is 0 Å². The van der Waals surface area contributed by atoms with Crippen LogP contribution in [0.1, 0.15) is 30.5 Å². The Labute approximate surface area is 119 Å². The minimum Gasteiger partial charge on any atom is -0.374 e. The molecule has 0 saturated carbocycles. The molecule has 1 N–H and O–H groups in total. The molecule has 2 aliphatic rings. The SMILES string of the molecule is CCc1nc(CNCC2CN3CCCC3CO2)cs1. The molecule has 1 aromatic rings. The fourth-order valence-electron chi connectivity index (χ4n) is 2.96. The summed E-state index contributed by atoms with van der Waals surface area (Å²) in [7, 11) is 0. The maximum absolute atomic E-state index is 5.93. The molecule has 0 amide bonds. The Kier molecular flexibility index (Phi) is 4.48. The van der Waals surface area contributed by atoms with Crippen molar-refractivity contribution >= 4 is 11.3 Å². The van der Waals surface area contributed by atoms with Gasteiger partial charge in [0.1, 0.15) is 0 Å². The molecule has 106 valence electrons. The lowest BCUT2D eigenvalue weighted by Crippen LogP contribution is -2.49. The largest absolute Gasteiger partial charge is 0.374 e. The summed E-state index contributed by atoms with van der Waals surface area (Å²) in [5.41, 5.74) is 1.16. The Morgan fingerprint density at radius 3 is 3.37 bits per heavy atom. The average Bonchev–Trinajstić information content (AvgIpc) is 3.06. The van der Waals surface area contributed by atoms with E-state index in [9.17, 15) is 0 Å². The van der Waals surface area contributed by atoms with Gasteiger partial charge in [0.05, 0.1) is 23.4 Å². The number of thiazole rings is 1. The van der Waals surface area contributed by atoms with E-state index in [-0.39, 0.29) is 0 Å². The van der Waals surface area contributed by atoms with Crippen LogP contribution in [0.25, 0.3) is 0 Å². The average molecular weight is 281 g/mol. The van der Waals surface area contributed by atoms with E-state index in [1.54, 1.807) is 11.3 Å². The molecule has 2 atom stereocenters. The predicted molar refractivity (Wildman–Crippen MR) is 77.5 cm³/mol. The highest BCUT2D eigenvalue weighted by atomic mass is 32.1. The Hall–Kier alpha value is -0.490. The van der Waals surface area contributed by atoms with Crippen LogP contribution in [0.15, 0.2) is 5.38 Å². The van der Waals surface area contributed by atoms with Gasteiger partial charge in [-0.1, -0.05) is 6.92 Å². The summed E-state index contributed by atoms with van der Waals surface area (Å²) in [4.78, 5) is 7.16. The fourth-order valence-corrected chi connectivity index (χ4v) is 3.71. The van der Waals surface area contributed by atoms with E-state index < -0.39 is 0 Å². The molecule has 2 aliphatic heterocycles. The van der Waals surface area contributed by atoms with E-state index >= 15 is 0 Å². The van der Waals surface area contributed by atoms with Gasteiger partial charge in [-0.3, -0.25) is 4.90 Å². The summed E-state index contributed by atoms with van der Waals surface area (Å²) in [6, 6.07) is 0.696. The summed E-state index contributed by atoms with van der Waals surface area (Å²) in [6.45, 7) is 7.22. The van der Waals surface area contributed by atoms with Gasteiger partial charge in [0, 0.05) is 31.1 Å². The third-order valence-corrected chi connectivity index (χ3v) is 5.08. The van der Waals surface area contributed by atoms with Crippen molar-refractivity contribution in [2.75, 3.05) is 26.2 Å². The summed E-state index contributed by atoms with van der Waals surface area (Å²) in [6.07, 6.45) is 4.04. The van der Waals surface area contributed by atoms with Gasteiger partial charge < -0.3 is 10.1 Å². The molecule has 2 fully saturated rings. The smallest absolute Gasteiger partial charge is 0.0926 e. The van der Waals surface area contributed by atoms with Crippen LogP contribution in [0, 0.1) is 0 Å². The van der Waals surface area contributed by atoms with Gasteiger partial charge in [-0.25, -0.2) is 4.98 Å². The van der Waals surface area contributed by atoms with Crippen LogP contribution in [0.3, 0.4) is 0 Å². The lowest BCUT2D eigenvalue weighted by molar-refractivity contribution is -0.0470. The third kappa shape index (κ3) is 3.34. The number of rotatable bonds is 5. The lowest BCUT2D eigenvalue weighted by atomic mass is 10.2. The number of ether oxygens (including phenoxy) is 1. The second-order valence-corrected chi connectivity index (χ2v) is 6.41. The van der Waals surface area contributed by atoms with Crippen LogP contribution >= 0.6 is 11.3 Å². The molecular weight excluding hydrogens is 258 g/mol. The van der Waals surface area contributed by atoms with Crippen molar-refractivity contribution in [3.05, 3.63) is 16.1 Å². The normalized spacial score (nSPS) is 27.6. The molecule has 19 heavy (non-hydrogen) atoms. The van der Waals surface area contributed by atoms with E-state index in [0.717, 1.165) is 38.4 Å². The summed E-state index contributed by atoms with van der Waals surface area (Å²) < 4.78 is 5.93. The van der Waals surface area contributed by atoms with Crippen molar-refractivity contribution in [3.63, 3.8) is 0 Å². The van der Waals surface area contributed by atoms with Crippen molar-refractivity contribution in [3.8, 4) is 0 Å². The number of hydrogen-bond donors (Lipinski definition) is 1. The first-order chi connectivity index (χ1) is 9.35. The summed E-state index contributed by atoms with van der Waals surface area (Å²) in [5.74, 6) is 0. The Morgan fingerprint density at radius 1 is 1.58 bits per heavy atom. The Morgan fingerprint density at radius 2 is 2.53 bits per heavy atom. The van der Waals surface area contributed by atoms with Crippen LogP contribution in [0.5, 0.6) is 0 Å². The molecule has 2 unspecified atom stereocenters. The zero-order chi connectivity index (χ0) is 13.1. The van der Waals surface area contributed by atoms with Gasteiger partial charge in [0.25, 0.3) is 0 Å². The van der Waals surface area contributed by atoms with Gasteiger partial charge in [-0.15, -0.1) is 11.3 Å². The first kappa shape index (κ1) is 13.5. The number of aromatic nitrogens is 1. The third-order valence-electron chi connectivity index (χ3n) is 4.04. The summed E-state index contributed by atoms with van der Waals surface area (Å²) in [5, 5.41) is 6.87. The molecule has 3 heterocycles. The number of hydrogen-bond acceptors (Lipinski definition) is 5. The second-order valence-electron chi connectivity index (χ2n) is 5.46. The summed E-state index contributed by atoms with van der Waals surface area (Å²) >= 11 is 1.76. The zero-order valence-electron chi connectivity index (χ0n) is 11.6. The molecule has 0 spiro atoms. The van der Waals surface area contributed by atoms with Crippen LogP contribution in [-0.2, 0) is 17.7 Å². The molecule has 4 nitrogen and oxygen atoms in total. The quantitative estimate of drug-likeness (QED) is 0.891. The van der Waals surface area contributed by atoms with Crippen LogP contribution in [-0.4, -0.2) is 48.3 Å². The van der Waals surface area contributed by atoms with E-state index in [1.165, 1.54) is 24.4 Å². The van der Waals surface area contributed by atoms with Crippen LogP contribution in [0.4, 0.5) is 0 Å². The van der Waals surface area contributed by atoms with Crippen molar-refractivity contribution in [2.45, 2.75) is 44.9 Å². The molecule has 0 aliphatic carbocycles. The van der Waals surface area contributed by atoms with Crippen molar-refractivity contribution < 1.29 is 4.74 Å². The minimum atomic E-state index is 0.346. The standard InChI is InChI=1S/C14H23N3OS/c1-2-14-16-11(10-19-14)6-15-7-13-8-17-5-3-4-12(17)9-18-13/h10,12-13,15H,2-9H2,1H3. The predicted octanol–water partition coefficient (Wildman–Crippen LogP) is 1.66.